The molecule has 1 aliphatic rings. The van der Waals surface area contributed by atoms with Gasteiger partial charge in [-0.05, 0) is 56.5 Å². The van der Waals surface area contributed by atoms with Gasteiger partial charge in [-0.25, -0.2) is 4.79 Å². The van der Waals surface area contributed by atoms with Crippen LogP contribution >= 0.6 is 0 Å². The Labute approximate surface area is 192 Å². The second-order valence-corrected chi connectivity index (χ2v) is 8.21. The first-order chi connectivity index (χ1) is 16.0. The molecular weight excluding hydrogens is 422 g/mol. The van der Waals surface area contributed by atoms with E-state index in [0.29, 0.717) is 56.1 Å². The van der Waals surface area contributed by atoms with Crippen molar-refractivity contribution in [1.29, 1.82) is 0 Å². The second-order valence-electron chi connectivity index (χ2n) is 8.21. The van der Waals surface area contributed by atoms with Gasteiger partial charge in [0.25, 0.3) is 0 Å². The van der Waals surface area contributed by atoms with Gasteiger partial charge in [0.1, 0.15) is 11.3 Å². The summed E-state index contributed by atoms with van der Waals surface area (Å²) in [5.74, 6) is 0.816. The number of anilines is 1. The average Bonchev–Trinajstić information content (AvgIpc) is 3.23. The van der Waals surface area contributed by atoms with E-state index in [1.807, 2.05) is 19.1 Å². The minimum atomic E-state index is -0.222. The van der Waals surface area contributed by atoms with E-state index in [-0.39, 0.29) is 11.9 Å². The van der Waals surface area contributed by atoms with Crippen LogP contribution in [0.25, 0.3) is 11.0 Å². The number of benzene rings is 2. The van der Waals surface area contributed by atoms with E-state index in [9.17, 15) is 9.59 Å². The SMILES string of the molecule is Cc1ccc(OCCCCC(=O)Nc2ccc3c(c2)nnn3C(=O)N2CCOCC2)c(C)c1. The smallest absolute Gasteiger partial charge is 0.346 e. The van der Waals surface area contributed by atoms with E-state index in [4.69, 9.17) is 9.47 Å². The molecule has 0 radical (unpaired) electrons. The number of fused-ring (bicyclic) bond motifs is 1. The summed E-state index contributed by atoms with van der Waals surface area (Å²) in [5.41, 5.74) is 4.11. The number of ether oxygens (including phenoxy) is 2. The fourth-order valence-corrected chi connectivity index (χ4v) is 3.79. The van der Waals surface area contributed by atoms with Crippen molar-refractivity contribution >= 4 is 28.7 Å². The average molecular weight is 452 g/mol. The minimum absolute atomic E-state index is 0.0716. The van der Waals surface area contributed by atoms with Gasteiger partial charge in [0.05, 0.1) is 25.3 Å². The van der Waals surface area contributed by atoms with Gasteiger partial charge in [0.15, 0.2) is 0 Å². The first-order valence-corrected chi connectivity index (χ1v) is 11.2. The normalized spacial score (nSPS) is 13.8. The van der Waals surface area contributed by atoms with E-state index in [0.717, 1.165) is 24.2 Å². The molecule has 0 aliphatic carbocycles. The number of hydrogen-bond donors (Lipinski definition) is 1. The van der Waals surface area contributed by atoms with Crippen LogP contribution in [-0.4, -0.2) is 64.7 Å². The lowest BCUT2D eigenvalue weighted by Crippen LogP contribution is -2.43. The van der Waals surface area contributed by atoms with Gasteiger partial charge in [-0.15, -0.1) is 5.10 Å². The lowest BCUT2D eigenvalue weighted by Gasteiger charge is -2.26. The molecule has 3 aromatic rings. The molecule has 174 valence electrons. The number of rotatable bonds is 7. The molecule has 33 heavy (non-hydrogen) atoms. The predicted molar refractivity (Wildman–Crippen MR) is 125 cm³/mol. The van der Waals surface area contributed by atoms with Gasteiger partial charge in [0.2, 0.25) is 5.91 Å². The van der Waals surface area contributed by atoms with Gasteiger partial charge in [-0.3, -0.25) is 4.79 Å². The molecule has 0 unspecified atom stereocenters. The summed E-state index contributed by atoms with van der Waals surface area (Å²) in [6.45, 7) is 6.76. The van der Waals surface area contributed by atoms with Gasteiger partial charge < -0.3 is 19.7 Å². The van der Waals surface area contributed by atoms with Crippen LogP contribution in [0.5, 0.6) is 5.75 Å². The first kappa shape index (κ1) is 22.7. The molecular formula is C24H29N5O4. The Balaban J connectivity index is 1.25. The van der Waals surface area contributed by atoms with E-state index < -0.39 is 0 Å². The van der Waals surface area contributed by atoms with Gasteiger partial charge in [-0.2, -0.15) is 4.68 Å². The molecule has 0 atom stereocenters. The molecule has 1 aromatic heterocycles. The summed E-state index contributed by atoms with van der Waals surface area (Å²) in [4.78, 5) is 26.7. The van der Waals surface area contributed by atoms with Crippen molar-refractivity contribution in [2.75, 3.05) is 38.2 Å². The van der Waals surface area contributed by atoms with Crippen LogP contribution in [0.1, 0.15) is 30.4 Å². The Hall–Kier alpha value is -3.46. The van der Waals surface area contributed by atoms with Crippen molar-refractivity contribution in [2.24, 2.45) is 0 Å². The number of morpholine rings is 1. The highest BCUT2D eigenvalue weighted by atomic mass is 16.5. The van der Waals surface area contributed by atoms with Crippen molar-refractivity contribution in [2.45, 2.75) is 33.1 Å². The highest BCUT2D eigenvalue weighted by Gasteiger charge is 2.21. The third kappa shape index (κ3) is 5.67. The van der Waals surface area contributed by atoms with Crippen molar-refractivity contribution in [3.8, 4) is 5.75 Å². The monoisotopic (exact) mass is 451 g/mol. The van der Waals surface area contributed by atoms with Crippen LogP contribution in [0.3, 0.4) is 0 Å². The van der Waals surface area contributed by atoms with Crippen molar-refractivity contribution < 1.29 is 19.1 Å². The van der Waals surface area contributed by atoms with Gasteiger partial charge in [-0.1, -0.05) is 22.9 Å². The van der Waals surface area contributed by atoms with Crippen molar-refractivity contribution in [1.82, 2.24) is 19.9 Å². The Kier molecular flexibility index (Phi) is 7.19. The first-order valence-electron chi connectivity index (χ1n) is 11.2. The Bertz CT molecular complexity index is 1140. The fraction of sp³-hybridized carbons (Fsp3) is 0.417. The van der Waals surface area contributed by atoms with Crippen LogP contribution in [-0.2, 0) is 9.53 Å². The number of aryl methyl sites for hydroxylation is 2. The number of nitrogens with one attached hydrogen (secondary N) is 1. The molecule has 0 bridgehead atoms. The molecule has 0 saturated carbocycles. The van der Waals surface area contributed by atoms with Gasteiger partial charge in [0, 0.05) is 25.2 Å². The molecule has 1 saturated heterocycles. The number of amides is 2. The van der Waals surface area contributed by atoms with Crippen LogP contribution < -0.4 is 10.1 Å². The maximum absolute atomic E-state index is 12.7. The summed E-state index contributed by atoms with van der Waals surface area (Å²) in [6.07, 6.45) is 1.91. The van der Waals surface area contributed by atoms with Crippen molar-refractivity contribution in [3.05, 3.63) is 47.5 Å². The Morgan fingerprint density at radius 3 is 2.70 bits per heavy atom. The zero-order valence-corrected chi connectivity index (χ0v) is 19.0. The molecule has 1 fully saturated rings. The molecule has 9 nitrogen and oxygen atoms in total. The number of unbranched alkanes of at least 4 members (excludes halogenated alkanes) is 1. The maximum Gasteiger partial charge on any atom is 0.346 e. The third-order valence-electron chi connectivity index (χ3n) is 5.58. The third-order valence-corrected chi connectivity index (χ3v) is 5.58. The zero-order chi connectivity index (χ0) is 23.2. The largest absolute Gasteiger partial charge is 0.493 e. The number of nitrogens with zero attached hydrogens (tertiary/aromatic N) is 4. The molecule has 0 spiro atoms. The summed E-state index contributed by atoms with van der Waals surface area (Å²) >= 11 is 0. The minimum Gasteiger partial charge on any atom is -0.493 e. The van der Waals surface area contributed by atoms with E-state index >= 15 is 0 Å². The lowest BCUT2D eigenvalue weighted by molar-refractivity contribution is -0.116. The highest BCUT2D eigenvalue weighted by molar-refractivity contribution is 5.94. The van der Waals surface area contributed by atoms with Crippen LogP contribution in [0, 0.1) is 13.8 Å². The highest BCUT2D eigenvalue weighted by Crippen LogP contribution is 2.20. The quantitative estimate of drug-likeness (QED) is 0.552. The zero-order valence-electron chi connectivity index (χ0n) is 19.0. The molecule has 2 aromatic carbocycles. The standard InChI is InChI=1S/C24H29N5O4/c1-17-6-9-22(18(2)15-17)33-12-4-3-5-23(30)25-19-7-8-21-20(16-19)26-27-29(21)24(31)28-10-13-32-14-11-28/h6-9,15-16H,3-5,10-14H2,1-2H3,(H,25,30). The lowest BCUT2D eigenvalue weighted by atomic mass is 10.1. The van der Waals surface area contributed by atoms with Crippen LogP contribution in [0.15, 0.2) is 36.4 Å². The number of carbonyl (C=O) groups excluding carboxylic acids is 2. The topological polar surface area (TPSA) is 98.6 Å². The van der Waals surface area contributed by atoms with E-state index in [1.54, 1.807) is 23.1 Å². The Morgan fingerprint density at radius 2 is 1.91 bits per heavy atom. The maximum atomic E-state index is 12.7. The second kappa shape index (κ2) is 10.4. The number of aromatic nitrogens is 3. The van der Waals surface area contributed by atoms with Crippen molar-refractivity contribution in [3.63, 3.8) is 0 Å². The summed E-state index contributed by atoms with van der Waals surface area (Å²) in [6, 6.07) is 11.1. The van der Waals surface area contributed by atoms with Crippen LogP contribution in [0.4, 0.5) is 10.5 Å². The van der Waals surface area contributed by atoms with E-state index in [2.05, 4.69) is 28.6 Å². The van der Waals surface area contributed by atoms with Gasteiger partial charge >= 0.3 is 6.03 Å². The molecule has 2 amide bonds. The summed E-state index contributed by atoms with van der Waals surface area (Å²) in [5, 5.41) is 11.0. The van der Waals surface area contributed by atoms with E-state index in [1.165, 1.54) is 10.2 Å². The molecule has 2 heterocycles. The predicted octanol–water partition coefficient (Wildman–Crippen LogP) is 3.54. The number of hydrogen-bond acceptors (Lipinski definition) is 6. The fourth-order valence-electron chi connectivity index (χ4n) is 3.79. The summed E-state index contributed by atoms with van der Waals surface area (Å²) in [7, 11) is 0. The van der Waals surface area contributed by atoms with Crippen LogP contribution in [0.2, 0.25) is 0 Å². The summed E-state index contributed by atoms with van der Waals surface area (Å²) < 4.78 is 12.4. The number of carbonyl (C=O) groups is 2. The molecule has 1 aliphatic heterocycles. The molecule has 1 N–H and O–H groups in total. The molecule has 9 heteroatoms. The molecule has 4 rings (SSSR count). The Morgan fingerprint density at radius 1 is 1.09 bits per heavy atom.